The topological polar surface area (TPSA) is 61.2 Å². The SMILES string of the molecule is CC(=O)COC(=O)/C=C/c1c(C)nn(-c2ccccc2)c1C. The number of hydrogen-bond donors (Lipinski definition) is 0. The van der Waals surface area contributed by atoms with Crippen molar-refractivity contribution >= 4 is 17.8 Å². The molecule has 5 nitrogen and oxygen atoms in total. The summed E-state index contributed by atoms with van der Waals surface area (Å²) in [5.74, 6) is -0.729. The number of carbonyl (C=O) groups is 2. The maximum atomic E-state index is 11.5. The van der Waals surface area contributed by atoms with E-state index in [0.717, 1.165) is 22.6 Å². The average molecular weight is 298 g/mol. The number of esters is 1. The highest BCUT2D eigenvalue weighted by atomic mass is 16.5. The Morgan fingerprint density at radius 1 is 1.23 bits per heavy atom. The van der Waals surface area contributed by atoms with Crippen LogP contribution in [0.5, 0.6) is 0 Å². The van der Waals surface area contributed by atoms with E-state index in [1.54, 1.807) is 6.08 Å². The van der Waals surface area contributed by atoms with Crippen LogP contribution in [-0.2, 0) is 14.3 Å². The molecule has 0 fully saturated rings. The number of aryl methyl sites for hydroxylation is 1. The zero-order valence-corrected chi connectivity index (χ0v) is 12.9. The molecule has 0 aliphatic heterocycles. The first-order valence-electron chi connectivity index (χ1n) is 6.95. The third-order valence-electron chi connectivity index (χ3n) is 3.15. The average Bonchev–Trinajstić information content (AvgIpc) is 2.79. The Labute approximate surface area is 129 Å². The summed E-state index contributed by atoms with van der Waals surface area (Å²) in [6.45, 7) is 4.99. The van der Waals surface area contributed by atoms with E-state index in [9.17, 15) is 9.59 Å². The van der Waals surface area contributed by atoms with Crippen LogP contribution in [0, 0.1) is 13.8 Å². The fourth-order valence-electron chi connectivity index (χ4n) is 2.09. The highest BCUT2D eigenvalue weighted by Gasteiger charge is 2.11. The van der Waals surface area contributed by atoms with E-state index in [1.807, 2.05) is 48.9 Å². The first-order chi connectivity index (χ1) is 10.5. The lowest BCUT2D eigenvalue weighted by molar-refractivity contribution is -0.142. The van der Waals surface area contributed by atoms with Gasteiger partial charge in [-0.05, 0) is 39.0 Å². The number of ketones is 1. The van der Waals surface area contributed by atoms with E-state index < -0.39 is 5.97 Å². The summed E-state index contributed by atoms with van der Waals surface area (Å²) in [7, 11) is 0. The van der Waals surface area contributed by atoms with E-state index in [4.69, 9.17) is 4.74 Å². The highest BCUT2D eigenvalue weighted by Crippen LogP contribution is 2.19. The molecule has 5 heteroatoms. The molecule has 0 saturated carbocycles. The fourth-order valence-corrected chi connectivity index (χ4v) is 2.09. The normalized spacial score (nSPS) is 10.9. The van der Waals surface area contributed by atoms with Crippen molar-refractivity contribution in [2.45, 2.75) is 20.8 Å². The minimum atomic E-state index is -0.540. The van der Waals surface area contributed by atoms with E-state index in [-0.39, 0.29) is 12.4 Å². The summed E-state index contributed by atoms with van der Waals surface area (Å²) in [4.78, 5) is 22.3. The maximum Gasteiger partial charge on any atom is 0.331 e. The van der Waals surface area contributed by atoms with Crippen molar-refractivity contribution in [1.82, 2.24) is 9.78 Å². The van der Waals surface area contributed by atoms with E-state index >= 15 is 0 Å². The molecular weight excluding hydrogens is 280 g/mol. The summed E-state index contributed by atoms with van der Waals surface area (Å²) >= 11 is 0. The summed E-state index contributed by atoms with van der Waals surface area (Å²) in [5.41, 5.74) is 3.57. The van der Waals surface area contributed by atoms with E-state index in [0.29, 0.717) is 0 Å². The number of Topliss-reactive ketones (excluding diaryl/α,β-unsaturated/α-hetero) is 1. The second-order valence-corrected chi connectivity index (χ2v) is 4.97. The summed E-state index contributed by atoms with van der Waals surface area (Å²) in [5, 5.41) is 4.49. The Hall–Kier alpha value is -2.69. The molecule has 0 spiro atoms. The lowest BCUT2D eigenvalue weighted by atomic mass is 10.2. The van der Waals surface area contributed by atoms with Crippen molar-refractivity contribution in [2.24, 2.45) is 0 Å². The number of benzene rings is 1. The monoisotopic (exact) mass is 298 g/mol. The van der Waals surface area contributed by atoms with Crippen LogP contribution < -0.4 is 0 Å². The summed E-state index contributed by atoms with van der Waals surface area (Å²) < 4.78 is 6.62. The van der Waals surface area contributed by atoms with Crippen molar-refractivity contribution in [2.75, 3.05) is 6.61 Å². The van der Waals surface area contributed by atoms with Gasteiger partial charge in [0.15, 0.2) is 5.78 Å². The summed E-state index contributed by atoms with van der Waals surface area (Å²) in [6.07, 6.45) is 2.98. The van der Waals surface area contributed by atoms with Crippen LogP contribution in [0.15, 0.2) is 36.4 Å². The van der Waals surface area contributed by atoms with Crippen LogP contribution in [0.1, 0.15) is 23.9 Å². The predicted octanol–water partition coefficient (Wildman–Crippen LogP) is 2.63. The molecule has 1 aromatic heterocycles. The zero-order chi connectivity index (χ0) is 16.1. The van der Waals surface area contributed by atoms with E-state index in [1.165, 1.54) is 13.0 Å². The van der Waals surface area contributed by atoms with Crippen molar-refractivity contribution in [3.8, 4) is 5.69 Å². The van der Waals surface area contributed by atoms with Crippen LogP contribution in [0.4, 0.5) is 0 Å². The third kappa shape index (κ3) is 3.69. The second-order valence-electron chi connectivity index (χ2n) is 4.97. The van der Waals surface area contributed by atoms with E-state index in [2.05, 4.69) is 5.10 Å². The van der Waals surface area contributed by atoms with Gasteiger partial charge in [-0.2, -0.15) is 5.10 Å². The van der Waals surface area contributed by atoms with Crippen LogP contribution in [-0.4, -0.2) is 28.1 Å². The highest BCUT2D eigenvalue weighted by molar-refractivity contribution is 5.89. The van der Waals surface area contributed by atoms with Crippen LogP contribution >= 0.6 is 0 Å². The van der Waals surface area contributed by atoms with Gasteiger partial charge in [-0.25, -0.2) is 9.48 Å². The molecule has 0 unspecified atom stereocenters. The Morgan fingerprint density at radius 2 is 1.91 bits per heavy atom. The van der Waals surface area contributed by atoms with Gasteiger partial charge in [-0.3, -0.25) is 4.79 Å². The predicted molar refractivity (Wildman–Crippen MR) is 83.7 cm³/mol. The van der Waals surface area contributed by atoms with Gasteiger partial charge in [0.05, 0.1) is 11.4 Å². The van der Waals surface area contributed by atoms with Crippen LogP contribution in [0.25, 0.3) is 11.8 Å². The first-order valence-corrected chi connectivity index (χ1v) is 6.95. The van der Waals surface area contributed by atoms with Gasteiger partial charge in [0.2, 0.25) is 0 Å². The second kappa shape index (κ2) is 6.85. The van der Waals surface area contributed by atoms with Gasteiger partial charge < -0.3 is 4.74 Å². The zero-order valence-electron chi connectivity index (χ0n) is 12.9. The standard InChI is InChI=1S/C17H18N2O3/c1-12(20)11-22-17(21)10-9-16-13(2)18-19(14(16)3)15-7-5-4-6-8-15/h4-10H,11H2,1-3H3/b10-9+. The van der Waals surface area contributed by atoms with Gasteiger partial charge in [0, 0.05) is 17.3 Å². The molecule has 1 heterocycles. The first kappa shape index (κ1) is 15.7. The largest absolute Gasteiger partial charge is 0.455 e. The smallest absolute Gasteiger partial charge is 0.331 e. The Balaban J connectivity index is 2.21. The molecule has 0 radical (unpaired) electrons. The minimum Gasteiger partial charge on any atom is -0.455 e. The Morgan fingerprint density at radius 3 is 2.55 bits per heavy atom. The van der Waals surface area contributed by atoms with Crippen molar-refractivity contribution in [3.63, 3.8) is 0 Å². The number of carbonyl (C=O) groups excluding carboxylic acids is 2. The minimum absolute atomic E-state index is 0.189. The molecule has 114 valence electrons. The maximum absolute atomic E-state index is 11.5. The van der Waals surface area contributed by atoms with Gasteiger partial charge in [0.25, 0.3) is 0 Å². The van der Waals surface area contributed by atoms with Gasteiger partial charge in [0.1, 0.15) is 6.61 Å². The Kier molecular flexibility index (Phi) is 4.88. The quantitative estimate of drug-likeness (QED) is 0.629. The third-order valence-corrected chi connectivity index (χ3v) is 3.15. The summed E-state index contributed by atoms with van der Waals surface area (Å²) in [6, 6.07) is 9.77. The molecule has 1 aromatic carbocycles. The molecule has 0 saturated heterocycles. The van der Waals surface area contributed by atoms with Crippen molar-refractivity contribution in [1.29, 1.82) is 0 Å². The van der Waals surface area contributed by atoms with Gasteiger partial charge in [-0.15, -0.1) is 0 Å². The fraction of sp³-hybridized carbons (Fsp3) is 0.235. The Bertz CT molecular complexity index is 715. The number of hydrogen-bond acceptors (Lipinski definition) is 4. The van der Waals surface area contributed by atoms with Gasteiger partial charge >= 0.3 is 5.97 Å². The van der Waals surface area contributed by atoms with Crippen LogP contribution in [0.2, 0.25) is 0 Å². The van der Waals surface area contributed by atoms with Crippen molar-refractivity contribution < 1.29 is 14.3 Å². The molecule has 0 aliphatic rings. The molecule has 0 N–H and O–H groups in total. The number of aromatic nitrogens is 2. The molecule has 0 aliphatic carbocycles. The van der Waals surface area contributed by atoms with Crippen molar-refractivity contribution in [3.05, 3.63) is 53.4 Å². The number of ether oxygens (including phenoxy) is 1. The number of nitrogens with zero attached hydrogens (tertiary/aromatic N) is 2. The van der Waals surface area contributed by atoms with Crippen LogP contribution in [0.3, 0.4) is 0 Å². The number of para-hydroxylation sites is 1. The molecule has 0 amide bonds. The van der Waals surface area contributed by atoms with Gasteiger partial charge in [-0.1, -0.05) is 18.2 Å². The molecule has 2 rings (SSSR count). The number of rotatable bonds is 5. The molecule has 0 atom stereocenters. The molecule has 0 bridgehead atoms. The molecule has 22 heavy (non-hydrogen) atoms. The molecular formula is C17H18N2O3. The molecule has 2 aromatic rings. The lowest BCUT2D eigenvalue weighted by Crippen LogP contribution is -2.08. The lowest BCUT2D eigenvalue weighted by Gasteiger charge is -2.03.